The van der Waals surface area contributed by atoms with E-state index in [0.717, 1.165) is 17.1 Å². The second-order valence-electron chi connectivity index (χ2n) is 17.8. The summed E-state index contributed by atoms with van der Waals surface area (Å²) in [5.74, 6) is 0. The first kappa shape index (κ1) is 40.0. The molecule has 67 heavy (non-hydrogen) atoms. The molecule has 0 aromatic heterocycles. The van der Waals surface area contributed by atoms with Crippen LogP contribution in [0.15, 0.2) is 237 Å². The van der Waals surface area contributed by atoms with Crippen LogP contribution in [0.25, 0.3) is 99.4 Å². The fourth-order valence-corrected chi connectivity index (χ4v) is 10.5. The van der Waals surface area contributed by atoms with Crippen LogP contribution in [0.1, 0.15) is 22.3 Å². The Morgan fingerprint density at radius 1 is 0.284 bits per heavy atom. The van der Waals surface area contributed by atoms with Gasteiger partial charge >= 0.3 is 0 Å². The Hall–Kier alpha value is -8.52. The van der Waals surface area contributed by atoms with Gasteiger partial charge in [-0.05, 0) is 160 Å². The Morgan fingerprint density at radius 3 is 1.25 bits per heavy atom. The Labute approximate surface area is 392 Å². The minimum absolute atomic E-state index is 1.12. The van der Waals surface area contributed by atoms with Crippen LogP contribution in [0.3, 0.4) is 0 Å². The van der Waals surface area contributed by atoms with Gasteiger partial charge in [-0.2, -0.15) is 0 Å². The van der Waals surface area contributed by atoms with E-state index in [1.807, 2.05) is 0 Å². The van der Waals surface area contributed by atoms with Crippen molar-refractivity contribution in [1.29, 1.82) is 0 Å². The van der Waals surface area contributed by atoms with E-state index in [4.69, 9.17) is 0 Å². The molecule has 0 bridgehead atoms. The van der Waals surface area contributed by atoms with Crippen molar-refractivity contribution < 1.29 is 0 Å². The molecule has 1 nitrogen and oxygen atoms in total. The fourth-order valence-electron chi connectivity index (χ4n) is 10.5. The summed E-state index contributed by atoms with van der Waals surface area (Å²) in [6.45, 7) is 4.32. The molecule has 0 aliphatic rings. The summed E-state index contributed by atoms with van der Waals surface area (Å²) in [4.78, 5) is 2.36. The van der Waals surface area contributed by atoms with Gasteiger partial charge in [-0.15, -0.1) is 0 Å². The quantitative estimate of drug-likeness (QED) is 0.109. The first-order valence-electron chi connectivity index (χ1n) is 23.2. The Kier molecular flexibility index (Phi) is 10.0. The van der Waals surface area contributed by atoms with E-state index in [1.165, 1.54) is 109 Å². The Balaban J connectivity index is 0.962. The molecule has 0 atom stereocenters. The highest BCUT2D eigenvalue weighted by Crippen LogP contribution is 2.47. The third kappa shape index (κ3) is 7.13. The normalized spacial score (nSPS) is 11.7. The summed E-state index contributed by atoms with van der Waals surface area (Å²) in [5.41, 5.74) is 15.7. The Bertz CT molecular complexity index is 3780. The smallest absolute Gasteiger partial charge is 0.0464 e. The molecule has 12 aromatic rings. The van der Waals surface area contributed by atoms with Crippen molar-refractivity contribution >= 4 is 83.1 Å². The monoisotopic (exact) mass is 853 g/mol. The van der Waals surface area contributed by atoms with Gasteiger partial charge in [-0.3, -0.25) is 0 Å². The van der Waals surface area contributed by atoms with Crippen molar-refractivity contribution in [3.05, 3.63) is 259 Å². The van der Waals surface area contributed by atoms with Gasteiger partial charge in [0.15, 0.2) is 0 Å². The third-order valence-corrected chi connectivity index (χ3v) is 13.6. The number of fused-ring (bicyclic) bond motifs is 5. The van der Waals surface area contributed by atoms with Gasteiger partial charge in [0.05, 0.1) is 0 Å². The van der Waals surface area contributed by atoms with Crippen LogP contribution in [-0.4, -0.2) is 0 Å². The molecule has 0 aliphatic carbocycles. The zero-order chi connectivity index (χ0) is 44.8. The molecule has 0 N–H and O–H groups in total. The summed E-state index contributed by atoms with van der Waals surface area (Å²) in [6.07, 6.45) is 4.59. The average molecular weight is 854 g/mol. The highest BCUT2D eigenvalue weighted by molar-refractivity contribution is 6.24. The van der Waals surface area contributed by atoms with Crippen LogP contribution in [0.2, 0.25) is 0 Å². The number of hydrogen-bond acceptors (Lipinski definition) is 1. The number of rotatable bonds is 8. The number of nitrogens with zero attached hydrogens (tertiary/aromatic N) is 1. The van der Waals surface area contributed by atoms with E-state index in [1.54, 1.807) is 0 Å². The highest BCUT2D eigenvalue weighted by Gasteiger charge is 2.20. The van der Waals surface area contributed by atoms with Crippen LogP contribution in [0.5, 0.6) is 0 Å². The molecule has 0 unspecified atom stereocenters. The molecule has 0 spiro atoms. The lowest BCUT2D eigenvalue weighted by Crippen LogP contribution is -2.10. The van der Waals surface area contributed by atoms with Crippen LogP contribution in [-0.2, 0) is 0 Å². The van der Waals surface area contributed by atoms with Crippen molar-refractivity contribution in [2.24, 2.45) is 0 Å². The van der Waals surface area contributed by atoms with Gasteiger partial charge in [-0.1, -0.05) is 212 Å². The van der Waals surface area contributed by atoms with E-state index in [9.17, 15) is 0 Å². The predicted octanol–water partition coefficient (Wildman–Crippen LogP) is 18.7. The van der Waals surface area contributed by atoms with Crippen molar-refractivity contribution in [1.82, 2.24) is 0 Å². The molecule has 0 aliphatic heterocycles. The Morgan fingerprint density at radius 2 is 0.701 bits per heavy atom. The molecular weight excluding hydrogens is 807 g/mol. The summed E-state index contributed by atoms with van der Waals surface area (Å²) in [7, 11) is 0. The summed E-state index contributed by atoms with van der Waals surface area (Å²) < 4.78 is 0. The predicted molar refractivity (Wildman–Crippen MR) is 290 cm³/mol. The number of benzene rings is 12. The van der Waals surface area contributed by atoms with E-state index in [-0.39, 0.29) is 0 Å². The zero-order valence-electron chi connectivity index (χ0n) is 37.6. The molecule has 0 saturated heterocycles. The number of anilines is 3. The third-order valence-electron chi connectivity index (χ3n) is 13.6. The highest BCUT2D eigenvalue weighted by atomic mass is 15.1. The van der Waals surface area contributed by atoms with Gasteiger partial charge < -0.3 is 4.90 Å². The topological polar surface area (TPSA) is 3.24 Å². The van der Waals surface area contributed by atoms with E-state index >= 15 is 0 Å². The molecule has 316 valence electrons. The molecule has 12 rings (SSSR count). The van der Waals surface area contributed by atoms with Crippen molar-refractivity contribution in [2.75, 3.05) is 4.90 Å². The van der Waals surface area contributed by atoms with Gasteiger partial charge in [0.2, 0.25) is 0 Å². The molecular formula is C66H47N. The van der Waals surface area contributed by atoms with Crippen molar-refractivity contribution in [2.45, 2.75) is 13.8 Å². The van der Waals surface area contributed by atoms with Gasteiger partial charge in [0.25, 0.3) is 0 Å². The lowest BCUT2D eigenvalue weighted by Gasteiger charge is -2.26. The summed E-state index contributed by atoms with van der Waals surface area (Å²) >= 11 is 0. The zero-order valence-corrected chi connectivity index (χ0v) is 37.6. The average Bonchev–Trinajstić information content (AvgIpc) is 3.37. The molecule has 0 fully saturated rings. The number of hydrogen-bond donors (Lipinski definition) is 0. The first-order valence-corrected chi connectivity index (χ1v) is 23.2. The van der Waals surface area contributed by atoms with Crippen LogP contribution in [0, 0.1) is 13.8 Å². The maximum absolute atomic E-state index is 2.36. The van der Waals surface area contributed by atoms with Gasteiger partial charge in [0, 0.05) is 17.1 Å². The molecule has 0 heterocycles. The van der Waals surface area contributed by atoms with E-state index < -0.39 is 0 Å². The summed E-state index contributed by atoms with van der Waals surface area (Å²) in [6, 6.07) is 86.9. The van der Waals surface area contributed by atoms with Gasteiger partial charge in [0.1, 0.15) is 0 Å². The van der Waals surface area contributed by atoms with Gasteiger partial charge in [-0.25, -0.2) is 0 Å². The van der Waals surface area contributed by atoms with Crippen LogP contribution < -0.4 is 4.90 Å². The van der Waals surface area contributed by atoms with Crippen molar-refractivity contribution in [3.63, 3.8) is 0 Å². The SMILES string of the molecule is Cc1cccc(N(c2ccc(-c3c4ccccc4c(-c4ccc(C=Cc5ccc(-c6cccc7ccccc67)c6ccccc56)c5ccccc45)c4ccccc34)cc2)c2cccc(C)c2)c1. The summed E-state index contributed by atoms with van der Waals surface area (Å²) in [5, 5.41) is 12.5. The van der Waals surface area contributed by atoms with Crippen LogP contribution >= 0.6 is 0 Å². The second-order valence-corrected chi connectivity index (χ2v) is 17.8. The maximum atomic E-state index is 2.36. The standard InChI is InChI=1S/C66H47N/c1-44-16-13-20-51(42-44)67(52-21-14-17-45(2)43-52)50-38-34-49(35-39-50)65-60-27-9-11-29-62(60)66(63-30-12-10-28-61(63)65)64-41-37-48(55-24-6-8-26-58(55)64)33-32-47-36-40-59(56-25-7-5-23-54(47)56)57-31-15-19-46-18-3-4-22-53(46)57/h3-43H,1-2H3. The lowest BCUT2D eigenvalue weighted by molar-refractivity contribution is 1.26. The van der Waals surface area contributed by atoms with Crippen LogP contribution in [0.4, 0.5) is 17.1 Å². The molecule has 0 saturated carbocycles. The molecule has 0 radical (unpaired) electrons. The second kappa shape index (κ2) is 16.8. The molecule has 0 amide bonds. The fraction of sp³-hybridized carbons (Fsp3) is 0.0303. The maximum Gasteiger partial charge on any atom is 0.0464 e. The van der Waals surface area contributed by atoms with E-state index in [0.29, 0.717) is 0 Å². The molecule has 1 heteroatoms. The first-order chi connectivity index (χ1) is 33.1. The largest absolute Gasteiger partial charge is 0.310 e. The number of aryl methyl sites for hydroxylation is 2. The lowest BCUT2D eigenvalue weighted by atomic mass is 9.84. The van der Waals surface area contributed by atoms with Crippen molar-refractivity contribution in [3.8, 4) is 33.4 Å². The minimum Gasteiger partial charge on any atom is -0.310 e. The van der Waals surface area contributed by atoms with E-state index in [2.05, 4.69) is 267 Å². The minimum atomic E-state index is 1.12. The molecule has 12 aromatic carbocycles.